The van der Waals surface area contributed by atoms with E-state index in [2.05, 4.69) is 20.7 Å². The SMILES string of the molecule is COc1ccc(C)cc1S(=O)(=O)N[C@H](C)c1cccc(Br)c1. The molecule has 1 N–H and O–H groups in total. The molecule has 0 saturated carbocycles. The summed E-state index contributed by atoms with van der Waals surface area (Å²) in [5.41, 5.74) is 1.74. The number of benzene rings is 2. The van der Waals surface area contributed by atoms with Crippen molar-refractivity contribution in [3.8, 4) is 5.75 Å². The first-order valence-electron chi connectivity index (χ1n) is 6.76. The summed E-state index contributed by atoms with van der Waals surface area (Å²) in [6.07, 6.45) is 0. The minimum atomic E-state index is -3.68. The lowest BCUT2D eigenvalue weighted by molar-refractivity contribution is 0.402. The Balaban J connectivity index is 2.33. The number of hydrogen-bond donors (Lipinski definition) is 1. The molecular weight excluding hydrogens is 366 g/mol. The van der Waals surface area contributed by atoms with E-state index in [9.17, 15) is 8.42 Å². The van der Waals surface area contributed by atoms with Crippen molar-refractivity contribution in [2.24, 2.45) is 0 Å². The maximum atomic E-state index is 12.6. The van der Waals surface area contributed by atoms with Crippen molar-refractivity contribution < 1.29 is 13.2 Å². The van der Waals surface area contributed by atoms with E-state index in [0.717, 1.165) is 15.6 Å². The fourth-order valence-corrected chi connectivity index (χ4v) is 4.04. The predicted molar refractivity (Wildman–Crippen MR) is 90.6 cm³/mol. The van der Waals surface area contributed by atoms with Crippen molar-refractivity contribution >= 4 is 26.0 Å². The van der Waals surface area contributed by atoms with Crippen LogP contribution < -0.4 is 9.46 Å². The lowest BCUT2D eigenvalue weighted by Crippen LogP contribution is -2.27. The predicted octanol–water partition coefficient (Wildman–Crippen LogP) is 3.81. The van der Waals surface area contributed by atoms with Gasteiger partial charge in [0.05, 0.1) is 7.11 Å². The number of nitrogens with one attached hydrogen (secondary N) is 1. The van der Waals surface area contributed by atoms with Crippen LogP contribution in [0.2, 0.25) is 0 Å². The van der Waals surface area contributed by atoms with Crippen LogP contribution in [0.3, 0.4) is 0 Å². The van der Waals surface area contributed by atoms with Crippen LogP contribution in [0.4, 0.5) is 0 Å². The first-order chi connectivity index (χ1) is 10.3. The molecule has 118 valence electrons. The van der Waals surface area contributed by atoms with Gasteiger partial charge in [-0.2, -0.15) is 0 Å². The van der Waals surface area contributed by atoms with Gasteiger partial charge in [-0.05, 0) is 49.2 Å². The van der Waals surface area contributed by atoms with Gasteiger partial charge in [0.2, 0.25) is 10.0 Å². The zero-order valence-corrected chi connectivity index (χ0v) is 15.0. The van der Waals surface area contributed by atoms with E-state index in [1.165, 1.54) is 7.11 Å². The van der Waals surface area contributed by atoms with Gasteiger partial charge >= 0.3 is 0 Å². The smallest absolute Gasteiger partial charge is 0.244 e. The van der Waals surface area contributed by atoms with Crippen LogP contribution in [-0.4, -0.2) is 15.5 Å². The first-order valence-corrected chi connectivity index (χ1v) is 9.03. The fraction of sp³-hybridized carbons (Fsp3) is 0.250. The summed E-state index contributed by atoms with van der Waals surface area (Å²) in [4.78, 5) is 0.150. The number of rotatable bonds is 5. The lowest BCUT2D eigenvalue weighted by atomic mass is 10.1. The normalized spacial score (nSPS) is 12.9. The molecule has 0 aliphatic rings. The van der Waals surface area contributed by atoms with Crippen LogP contribution in [0.1, 0.15) is 24.1 Å². The Morgan fingerprint density at radius 3 is 2.55 bits per heavy atom. The van der Waals surface area contributed by atoms with Gasteiger partial charge in [-0.3, -0.25) is 0 Å². The van der Waals surface area contributed by atoms with Gasteiger partial charge < -0.3 is 4.74 Å². The maximum Gasteiger partial charge on any atom is 0.244 e. The van der Waals surface area contributed by atoms with Gasteiger partial charge in [0, 0.05) is 10.5 Å². The third-order valence-electron chi connectivity index (χ3n) is 3.29. The highest BCUT2D eigenvalue weighted by Crippen LogP contribution is 2.27. The Morgan fingerprint density at radius 2 is 1.91 bits per heavy atom. The van der Waals surface area contributed by atoms with Crippen molar-refractivity contribution in [2.75, 3.05) is 7.11 Å². The quantitative estimate of drug-likeness (QED) is 0.853. The largest absolute Gasteiger partial charge is 0.495 e. The van der Waals surface area contributed by atoms with Crippen molar-refractivity contribution in [2.45, 2.75) is 24.8 Å². The molecular formula is C16H18BrNO3S. The highest BCUT2D eigenvalue weighted by atomic mass is 79.9. The van der Waals surface area contributed by atoms with Crippen LogP contribution in [-0.2, 0) is 10.0 Å². The topological polar surface area (TPSA) is 55.4 Å². The Kier molecular flexibility index (Phi) is 5.26. The highest BCUT2D eigenvalue weighted by Gasteiger charge is 2.22. The van der Waals surface area contributed by atoms with E-state index in [0.29, 0.717) is 5.75 Å². The molecule has 4 nitrogen and oxygen atoms in total. The summed E-state index contributed by atoms with van der Waals surface area (Å²) >= 11 is 3.39. The van der Waals surface area contributed by atoms with Crippen LogP contribution in [0, 0.1) is 6.92 Å². The second-order valence-electron chi connectivity index (χ2n) is 5.05. The van der Waals surface area contributed by atoms with Crippen molar-refractivity contribution in [1.82, 2.24) is 4.72 Å². The molecule has 2 aromatic rings. The zero-order chi connectivity index (χ0) is 16.3. The van der Waals surface area contributed by atoms with Gasteiger partial charge in [-0.25, -0.2) is 13.1 Å². The number of aryl methyl sites for hydroxylation is 1. The van der Waals surface area contributed by atoms with Crippen LogP contribution in [0.15, 0.2) is 51.8 Å². The molecule has 0 heterocycles. The van der Waals surface area contributed by atoms with Crippen LogP contribution >= 0.6 is 15.9 Å². The van der Waals surface area contributed by atoms with Gasteiger partial charge in [0.25, 0.3) is 0 Å². The van der Waals surface area contributed by atoms with Crippen molar-refractivity contribution in [3.05, 3.63) is 58.1 Å². The molecule has 2 rings (SSSR count). The standard InChI is InChI=1S/C16H18BrNO3S/c1-11-7-8-15(21-3)16(9-11)22(19,20)18-12(2)13-5-4-6-14(17)10-13/h4-10,12,18H,1-3H3/t12-/m1/s1. The first kappa shape index (κ1) is 17.0. The Labute approximate surface area is 139 Å². The van der Waals surface area contributed by atoms with Crippen LogP contribution in [0.25, 0.3) is 0 Å². The summed E-state index contributed by atoms with van der Waals surface area (Å²) in [7, 11) is -2.22. The average Bonchev–Trinajstić information content (AvgIpc) is 2.46. The van der Waals surface area contributed by atoms with E-state index in [-0.39, 0.29) is 10.9 Å². The van der Waals surface area contributed by atoms with Gasteiger partial charge in [0.15, 0.2) is 0 Å². The van der Waals surface area contributed by atoms with Gasteiger partial charge in [-0.1, -0.05) is 34.1 Å². The van der Waals surface area contributed by atoms with E-state index in [1.807, 2.05) is 44.2 Å². The third-order valence-corrected chi connectivity index (χ3v) is 5.34. The monoisotopic (exact) mass is 383 g/mol. The molecule has 0 bridgehead atoms. The maximum absolute atomic E-state index is 12.6. The average molecular weight is 384 g/mol. The van der Waals surface area contributed by atoms with Crippen molar-refractivity contribution in [3.63, 3.8) is 0 Å². The number of halogens is 1. The minimum Gasteiger partial charge on any atom is -0.495 e. The summed E-state index contributed by atoms with van der Waals surface area (Å²) in [5.74, 6) is 0.333. The molecule has 1 atom stereocenters. The van der Waals surface area contributed by atoms with E-state index < -0.39 is 10.0 Å². The Morgan fingerprint density at radius 1 is 1.18 bits per heavy atom. The summed E-state index contributed by atoms with van der Waals surface area (Å²) in [5, 5.41) is 0. The second kappa shape index (κ2) is 6.81. The Hall–Kier alpha value is -1.37. The molecule has 0 spiro atoms. The molecule has 6 heteroatoms. The minimum absolute atomic E-state index is 0.150. The molecule has 0 aliphatic heterocycles. The molecule has 0 aromatic heterocycles. The molecule has 0 amide bonds. The number of methoxy groups -OCH3 is 1. The molecule has 0 fully saturated rings. The highest BCUT2D eigenvalue weighted by molar-refractivity contribution is 9.10. The van der Waals surface area contributed by atoms with E-state index >= 15 is 0 Å². The second-order valence-corrected chi connectivity index (χ2v) is 7.65. The summed E-state index contributed by atoms with van der Waals surface area (Å²) < 4.78 is 34.0. The summed E-state index contributed by atoms with van der Waals surface area (Å²) in [6, 6.07) is 12.3. The lowest BCUT2D eigenvalue weighted by Gasteiger charge is -2.17. The fourth-order valence-electron chi connectivity index (χ4n) is 2.13. The molecule has 22 heavy (non-hydrogen) atoms. The van der Waals surface area contributed by atoms with Crippen LogP contribution in [0.5, 0.6) is 5.75 Å². The zero-order valence-electron chi connectivity index (χ0n) is 12.6. The van der Waals surface area contributed by atoms with Gasteiger partial charge in [-0.15, -0.1) is 0 Å². The number of sulfonamides is 1. The van der Waals surface area contributed by atoms with Crippen molar-refractivity contribution in [1.29, 1.82) is 0 Å². The van der Waals surface area contributed by atoms with E-state index in [4.69, 9.17) is 4.74 Å². The summed E-state index contributed by atoms with van der Waals surface area (Å²) in [6.45, 7) is 3.65. The molecule has 0 saturated heterocycles. The third kappa shape index (κ3) is 3.88. The molecule has 0 unspecified atom stereocenters. The van der Waals surface area contributed by atoms with E-state index in [1.54, 1.807) is 12.1 Å². The number of hydrogen-bond acceptors (Lipinski definition) is 3. The molecule has 0 radical (unpaired) electrons. The molecule has 2 aromatic carbocycles. The number of ether oxygens (including phenoxy) is 1. The van der Waals surface area contributed by atoms with Gasteiger partial charge in [0.1, 0.15) is 10.6 Å². The Bertz CT molecular complexity index is 775. The molecule has 0 aliphatic carbocycles.